The zero-order valence-corrected chi connectivity index (χ0v) is 15.3. The Labute approximate surface area is 159 Å². The summed E-state index contributed by atoms with van der Waals surface area (Å²) in [6, 6.07) is 3.95. The zero-order chi connectivity index (χ0) is 20.1. The van der Waals surface area contributed by atoms with Gasteiger partial charge in [-0.05, 0) is 25.0 Å². The van der Waals surface area contributed by atoms with Gasteiger partial charge in [0.15, 0.2) is 11.4 Å². The molecule has 3 heterocycles. The molecule has 1 N–H and O–H groups in total. The second-order valence-corrected chi connectivity index (χ2v) is 6.40. The number of aromatic nitrogens is 3. The lowest BCUT2D eigenvalue weighted by Gasteiger charge is -2.25. The lowest BCUT2D eigenvalue weighted by atomic mass is 10.2. The van der Waals surface area contributed by atoms with E-state index in [1.807, 2.05) is 0 Å². The number of hydrogen-bond acceptors (Lipinski definition) is 6. The number of carbonyl (C=O) groups excluding carboxylic acids is 1. The van der Waals surface area contributed by atoms with Crippen molar-refractivity contribution < 1.29 is 22.7 Å². The summed E-state index contributed by atoms with van der Waals surface area (Å²) in [5, 5.41) is 9.46. The van der Waals surface area contributed by atoms with E-state index in [9.17, 15) is 18.0 Å². The number of nitrogens with zero attached hydrogens (tertiary/aromatic N) is 4. The molecule has 1 saturated heterocycles. The van der Waals surface area contributed by atoms with Crippen molar-refractivity contribution in [2.24, 2.45) is 0 Å². The van der Waals surface area contributed by atoms with E-state index in [0.29, 0.717) is 24.7 Å². The molecule has 0 radical (unpaired) electrons. The highest BCUT2D eigenvalue weighted by molar-refractivity contribution is 6.06. The Morgan fingerprint density at radius 1 is 1.14 bits per heavy atom. The van der Waals surface area contributed by atoms with E-state index in [4.69, 9.17) is 4.74 Å². The molecule has 0 atom stereocenters. The van der Waals surface area contributed by atoms with Crippen LogP contribution in [0.25, 0.3) is 0 Å². The van der Waals surface area contributed by atoms with E-state index in [1.165, 1.54) is 19.4 Å². The first-order valence-corrected chi connectivity index (χ1v) is 8.90. The van der Waals surface area contributed by atoms with E-state index in [1.54, 1.807) is 11.0 Å². The van der Waals surface area contributed by atoms with Crippen LogP contribution in [0.1, 0.15) is 41.9 Å². The van der Waals surface area contributed by atoms with Crippen molar-refractivity contribution in [2.45, 2.75) is 31.9 Å². The number of rotatable bonds is 4. The van der Waals surface area contributed by atoms with Crippen LogP contribution in [0.5, 0.6) is 5.88 Å². The summed E-state index contributed by atoms with van der Waals surface area (Å²) >= 11 is 0. The molecule has 1 aliphatic heterocycles. The number of nitrogens with one attached hydrogen (secondary N) is 1. The number of ether oxygens (including phenoxy) is 1. The Bertz CT molecular complexity index is 836. The van der Waals surface area contributed by atoms with Crippen LogP contribution < -0.4 is 15.0 Å². The Morgan fingerprint density at radius 2 is 1.86 bits per heavy atom. The summed E-state index contributed by atoms with van der Waals surface area (Å²) in [4.78, 5) is 18.5. The molecule has 0 spiro atoms. The van der Waals surface area contributed by atoms with Crippen molar-refractivity contribution in [1.29, 1.82) is 0 Å². The maximum Gasteiger partial charge on any atom is 0.435 e. The molecule has 1 amide bonds. The number of carbonyl (C=O) groups is 1. The minimum atomic E-state index is -4.64. The zero-order valence-electron chi connectivity index (χ0n) is 15.3. The summed E-state index contributed by atoms with van der Waals surface area (Å²) in [6.07, 6.45) is 0.487. The molecule has 150 valence electrons. The van der Waals surface area contributed by atoms with E-state index >= 15 is 0 Å². The predicted octanol–water partition coefficient (Wildman–Crippen LogP) is 3.53. The van der Waals surface area contributed by atoms with Crippen LogP contribution in [-0.2, 0) is 6.18 Å². The van der Waals surface area contributed by atoms with Gasteiger partial charge in [-0.2, -0.15) is 13.2 Å². The van der Waals surface area contributed by atoms with E-state index < -0.39 is 17.8 Å². The van der Waals surface area contributed by atoms with Gasteiger partial charge in [0, 0.05) is 31.0 Å². The lowest BCUT2D eigenvalue weighted by Crippen LogP contribution is -2.29. The molecular formula is C18H20F3N5O2. The summed E-state index contributed by atoms with van der Waals surface area (Å²) in [7, 11) is 1.44. The molecule has 28 heavy (non-hydrogen) atoms. The Hall–Kier alpha value is -2.91. The number of methoxy groups -OCH3 is 1. The molecule has 1 fully saturated rings. The van der Waals surface area contributed by atoms with Crippen molar-refractivity contribution in [1.82, 2.24) is 15.2 Å². The average Bonchev–Trinajstić information content (AvgIpc) is 2.96. The predicted molar refractivity (Wildman–Crippen MR) is 96.5 cm³/mol. The molecule has 3 rings (SSSR count). The van der Waals surface area contributed by atoms with Gasteiger partial charge in [-0.15, -0.1) is 10.2 Å². The minimum absolute atomic E-state index is 0.141. The molecule has 0 unspecified atom stereocenters. The molecule has 7 nitrogen and oxygen atoms in total. The highest BCUT2D eigenvalue weighted by Crippen LogP contribution is 2.32. The van der Waals surface area contributed by atoms with Gasteiger partial charge in [0.2, 0.25) is 5.88 Å². The maximum atomic E-state index is 13.1. The van der Waals surface area contributed by atoms with Crippen molar-refractivity contribution in [3.63, 3.8) is 0 Å². The van der Waals surface area contributed by atoms with Crippen LogP contribution >= 0.6 is 0 Å². The van der Waals surface area contributed by atoms with Crippen LogP contribution in [-0.4, -0.2) is 41.3 Å². The highest BCUT2D eigenvalue weighted by atomic mass is 19.4. The first-order valence-electron chi connectivity index (χ1n) is 8.90. The normalized spacial score (nSPS) is 15.1. The fraction of sp³-hybridized carbons (Fsp3) is 0.444. The number of pyridine rings is 1. The van der Waals surface area contributed by atoms with Gasteiger partial charge in [0.25, 0.3) is 5.91 Å². The van der Waals surface area contributed by atoms with Gasteiger partial charge < -0.3 is 15.0 Å². The van der Waals surface area contributed by atoms with E-state index in [0.717, 1.165) is 31.7 Å². The molecule has 10 heteroatoms. The van der Waals surface area contributed by atoms with Crippen LogP contribution in [0.4, 0.5) is 24.5 Å². The number of hydrogen-bond donors (Lipinski definition) is 1. The van der Waals surface area contributed by atoms with Crippen molar-refractivity contribution in [3.8, 4) is 5.88 Å². The molecule has 0 saturated carbocycles. The second kappa shape index (κ2) is 8.41. The van der Waals surface area contributed by atoms with Crippen molar-refractivity contribution >= 4 is 17.3 Å². The topological polar surface area (TPSA) is 80.2 Å². The smallest absolute Gasteiger partial charge is 0.435 e. The second-order valence-electron chi connectivity index (χ2n) is 6.40. The molecule has 0 aliphatic carbocycles. The highest BCUT2D eigenvalue weighted by Gasteiger charge is 2.35. The van der Waals surface area contributed by atoms with Crippen molar-refractivity contribution in [3.05, 3.63) is 35.8 Å². The monoisotopic (exact) mass is 395 g/mol. The lowest BCUT2D eigenvalue weighted by molar-refractivity contribution is -0.141. The van der Waals surface area contributed by atoms with E-state index in [2.05, 4.69) is 20.5 Å². The van der Waals surface area contributed by atoms with Crippen LogP contribution in [0.3, 0.4) is 0 Å². The third kappa shape index (κ3) is 4.68. The molecule has 2 aromatic rings. The fourth-order valence-electron chi connectivity index (χ4n) is 3.02. The third-order valence-electron chi connectivity index (χ3n) is 4.43. The fourth-order valence-corrected chi connectivity index (χ4v) is 3.02. The number of halogens is 3. The first-order chi connectivity index (χ1) is 13.4. The standard InChI is InChI=1S/C18H20F3N5O2/c1-28-15-10-12(6-7-22-15)23-17(27)16-13(26-8-4-2-3-5-9-26)11-14(24-25-16)18(19,20)21/h6-7,10-11H,2-5,8-9H2,1H3,(H,22,23,27). The molecule has 0 aromatic carbocycles. The number of alkyl halides is 3. The summed E-state index contributed by atoms with van der Waals surface area (Å²) in [5.74, 6) is -0.349. The molecule has 1 aliphatic rings. The Balaban J connectivity index is 1.94. The van der Waals surface area contributed by atoms with Gasteiger partial charge >= 0.3 is 6.18 Å². The SMILES string of the molecule is COc1cc(NC(=O)c2nnc(C(F)(F)F)cc2N2CCCCCC2)ccn1. The molecular weight excluding hydrogens is 375 g/mol. The van der Waals surface area contributed by atoms with Crippen LogP contribution in [0.15, 0.2) is 24.4 Å². The number of anilines is 2. The molecule has 2 aromatic heterocycles. The van der Waals surface area contributed by atoms with Gasteiger partial charge in [-0.1, -0.05) is 12.8 Å². The number of amides is 1. The average molecular weight is 395 g/mol. The summed E-state index contributed by atoms with van der Waals surface area (Å²) < 4.78 is 44.4. The van der Waals surface area contributed by atoms with Gasteiger partial charge in [-0.3, -0.25) is 4.79 Å². The minimum Gasteiger partial charge on any atom is -0.481 e. The Kier molecular flexibility index (Phi) is 5.96. The molecule has 0 bridgehead atoms. The van der Waals surface area contributed by atoms with Gasteiger partial charge in [-0.25, -0.2) is 4.98 Å². The van der Waals surface area contributed by atoms with Crippen LogP contribution in [0.2, 0.25) is 0 Å². The quantitative estimate of drug-likeness (QED) is 0.853. The van der Waals surface area contributed by atoms with Crippen LogP contribution in [0, 0.1) is 0 Å². The van der Waals surface area contributed by atoms with Crippen molar-refractivity contribution in [2.75, 3.05) is 30.4 Å². The van der Waals surface area contributed by atoms with Gasteiger partial charge in [0.05, 0.1) is 12.8 Å². The summed E-state index contributed by atoms with van der Waals surface area (Å²) in [5.41, 5.74) is -0.734. The van der Waals surface area contributed by atoms with Gasteiger partial charge in [0.1, 0.15) is 0 Å². The largest absolute Gasteiger partial charge is 0.481 e. The Morgan fingerprint density at radius 3 is 2.50 bits per heavy atom. The maximum absolute atomic E-state index is 13.1. The third-order valence-corrected chi connectivity index (χ3v) is 4.43. The summed E-state index contributed by atoms with van der Waals surface area (Å²) in [6.45, 7) is 1.12. The first kappa shape index (κ1) is 19.8. The van der Waals surface area contributed by atoms with E-state index in [-0.39, 0.29) is 11.4 Å².